The van der Waals surface area contributed by atoms with E-state index in [2.05, 4.69) is 20.7 Å². The van der Waals surface area contributed by atoms with Gasteiger partial charge in [-0.2, -0.15) is 0 Å². The summed E-state index contributed by atoms with van der Waals surface area (Å²) in [5.41, 5.74) is 1.89. The van der Waals surface area contributed by atoms with Crippen LogP contribution in [0, 0.1) is 38.0 Å². The first-order valence-corrected chi connectivity index (χ1v) is 21.6. The van der Waals surface area contributed by atoms with Crippen LogP contribution in [0.1, 0.15) is 89.0 Å². The van der Waals surface area contributed by atoms with Crippen molar-refractivity contribution in [2.75, 3.05) is 27.3 Å². The number of amides is 3. The molecule has 4 atom stereocenters. The van der Waals surface area contributed by atoms with E-state index < -0.39 is 63.6 Å². The second-order valence-electron chi connectivity index (χ2n) is 16.4. The molecule has 1 fully saturated rings. The van der Waals surface area contributed by atoms with Crippen molar-refractivity contribution in [1.29, 1.82) is 5.41 Å². The van der Waals surface area contributed by atoms with E-state index >= 15 is 0 Å². The van der Waals surface area contributed by atoms with E-state index in [1.165, 1.54) is 14.2 Å². The minimum absolute atomic E-state index is 0.0585. The number of sulfonamides is 1. The predicted octanol–water partition coefficient (Wildman–Crippen LogP) is 5.21. The number of carbonyl (C=O) groups excluding carboxylic acids is 4. The van der Waals surface area contributed by atoms with Gasteiger partial charge in [-0.1, -0.05) is 56.3 Å². The minimum atomic E-state index is -4.11. The summed E-state index contributed by atoms with van der Waals surface area (Å²) in [6.45, 7) is 15.0. The summed E-state index contributed by atoms with van der Waals surface area (Å²) in [4.78, 5) is 55.3. The van der Waals surface area contributed by atoms with Gasteiger partial charge in [0.05, 0.1) is 31.1 Å². The lowest BCUT2D eigenvalue weighted by atomic mass is 9.95. The number of benzene rings is 2. The highest BCUT2D eigenvalue weighted by Gasteiger charge is 2.38. The van der Waals surface area contributed by atoms with Gasteiger partial charge >= 0.3 is 12.1 Å². The van der Waals surface area contributed by atoms with E-state index in [1.54, 1.807) is 58.6 Å². The molecule has 3 amide bonds. The molecular weight excluding hydrogens is 777 g/mol. The zero-order valence-corrected chi connectivity index (χ0v) is 37.0. The Morgan fingerprint density at radius 1 is 1.00 bits per heavy atom. The SMILES string of the molecule is COC(=O)[C@H](CCCNC(=N)NS(=O)(=O)c1c(C)cc(OC)c(C)c1C)NC(=O)[C@@H]1CCCN1C(=O)[C@H](/C=C/[C@H](CC(C)C)NC(=O)OC(C)(C)C)Cc1ccccc1. The van der Waals surface area contributed by atoms with Gasteiger partial charge in [-0.25, -0.2) is 22.7 Å². The van der Waals surface area contributed by atoms with Crippen LogP contribution < -0.4 is 25.4 Å². The topological polar surface area (TPSA) is 205 Å². The van der Waals surface area contributed by atoms with Crippen molar-refractivity contribution < 1.29 is 41.8 Å². The van der Waals surface area contributed by atoms with E-state index in [-0.39, 0.29) is 36.1 Å². The lowest BCUT2D eigenvalue weighted by Crippen LogP contribution is -2.52. The van der Waals surface area contributed by atoms with Gasteiger partial charge in [0.15, 0.2) is 0 Å². The third kappa shape index (κ3) is 14.6. The van der Waals surface area contributed by atoms with Crippen molar-refractivity contribution in [2.24, 2.45) is 11.8 Å². The highest BCUT2D eigenvalue weighted by atomic mass is 32.2. The number of guanidine groups is 1. The molecule has 1 aliphatic heterocycles. The van der Waals surface area contributed by atoms with E-state index in [1.807, 2.05) is 50.3 Å². The number of nitrogens with zero attached hydrogens (tertiary/aromatic N) is 1. The van der Waals surface area contributed by atoms with Gasteiger partial charge in [-0.3, -0.25) is 15.0 Å². The van der Waals surface area contributed by atoms with Crippen molar-refractivity contribution in [3.05, 3.63) is 70.8 Å². The summed E-state index contributed by atoms with van der Waals surface area (Å²) >= 11 is 0. The molecule has 0 aromatic heterocycles. The maximum Gasteiger partial charge on any atom is 0.408 e. The van der Waals surface area contributed by atoms with Gasteiger partial charge in [0, 0.05) is 13.1 Å². The Labute approximate surface area is 349 Å². The first-order chi connectivity index (χ1) is 27.7. The van der Waals surface area contributed by atoms with Gasteiger partial charge in [0.1, 0.15) is 23.4 Å². The molecule has 2 aromatic carbocycles. The number of aryl methyl sites for hydroxylation is 1. The molecule has 0 unspecified atom stereocenters. The standard InChI is InChI=1S/C43H64N6O9S/c1-27(2)24-33(46-42(53)58-43(6,7)8)21-20-32(26-31-16-12-11-13-17-31)39(51)49-23-15-19-35(49)38(50)47-34(40(52)57-10)18-14-22-45-41(44)48-59(54,55)37-28(3)25-36(56-9)29(4)30(37)5/h11-13,16-17,20-21,25,27,32-35H,14-15,18-19,22-24,26H2,1-10H3,(H,46,53)(H,47,50)(H3,44,45,48)/b21-20+/t32-,33-,34+,35+/m1/s1. The van der Waals surface area contributed by atoms with Crippen molar-refractivity contribution in [3.63, 3.8) is 0 Å². The number of alkyl carbamates (subject to hydrolysis) is 1. The number of carbonyl (C=O) groups is 4. The second-order valence-corrected chi connectivity index (χ2v) is 18.0. The molecule has 0 radical (unpaired) electrons. The summed E-state index contributed by atoms with van der Waals surface area (Å²) in [6, 6.07) is 8.90. The molecule has 1 aliphatic rings. The smallest absolute Gasteiger partial charge is 0.408 e. The molecule has 0 bridgehead atoms. The van der Waals surface area contributed by atoms with Crippen LogP contribution in [0.5, 0.6) is 5.75 Å². The van der Waals surface area contributed by atoms with Crippen LogP contribution >= 0.6 is 0 Å². The van der Waals surface area contributed by atoms with E-state index in [0.717, 1.165) is 5.56 Å². The fourth-order valence-corrected chi connectivity index (χ4v) is 8.57. The molecule has 16 heteroatoms. The Hall–Kier alpha value is -5.12. The van der Waals surface area contributed by atoms with E-state index in [0.29, 0.717) is 54.7 Å². The Balaban J connectivity index is 1.70. The molecule has 1 saturated heterocycles. The third-order valence-electron chi connectivity index (χ3n) is 9.93. The molecule has 1 heterocycles. The maximum atomic E-state index is 14.3. The predicted molar refractivity (Wildman–Crippen MR) is 227 cm³/mol. The average Bonchev–Trinajstić information content (AvgIpc) is 3.65. The lowest BCUT2D eigenvalue weighted by molar-refractivity contribution is -0.146. The van der Waals surface area contributed by atoms with Gasteiger partial charge in [0.25, 0.3) is 10.0 Å². The van der Waals surface area contributed by atoms with Crippen LogP contribution in [0.4, 0.5) is 4.79 Å². The molecule has 0 saturated carbocycles. The summed E-state index contributed by atoms with van der Waals surface area (Å²) in [6.07, 6.45) is 5.41. The maximum absolute atomic E-state index is 14.3. The minimum Gasteiger partial charge on any atom is -0.496 e. The largest absolute Gasteiger partial charge is 0.496 e. The van der Waals surface area contributed by atoms with Crippen LogP contribution in [0.3, 0.4) is 0 Å². The average molecular weight is 841 g/mol. The zero-order chi connectivity index (χ0) is 44.1. The first-order valence-electron chi connectivity index (χ1n) is 20.1. The summed E-state index contributed by atoms with van der Waals surface area (Å²) in [5.74, 6) is -1.73. The van der Waals surface area contributed by atoms with Crippen molar-refractivity contribution in [2.45, 2.75) is 123 Å². The Morgan fingerprint density at radius 3 is 2.29 bits per heavy atom. The number of hydrogen-bond acceptors (Lipinski definition) is 10. The Bertz CT molecular complexity index is 1930. The fraction of sp³-hybridized carbons (Fsp3) is 0.558. The third-order valence-corrected chi connectivity index (χ3v) is 11.6. The fourth-order valence-electron chi connectivity index (χ4n) is 7.09. The summed E-state index contributed by atoms with van der Waals surface area (Å²) in [7, 11) is -1.38. The number of ether oxygens (including phenoxy) is 3. The van der Waals surface area contributed by atoms with Gasteiger partial charge in [0.2, 0.25) is 17.8 Å². The molecule has 0 spiro atoms. The molecule has 2 aromatic rings. The molecule has 0 aliphatic carbocycles. The quantitative estimate of drug-likeness (QED) is 0.0436. The second kappa shape index (κ2) is 21.8. The van der Waals surface area contributed by atoms with Gasteiger partial charge in [-0.15, -0.1) is 0 Å². The molecule has 59 heavy (non-hydrogen) atoms. The number of hydrogen-bond donors (Lipinski definition) is 5. The van der Waals surface area contributed by atoms with Gasteiger partial charge in [-0.05, 0) is 114 Å². The highest BCUT2D eigenvalue weighted by Crippen LogP contribution is 2.30. The monoisotopic (exact) mass is 840 g/mol. The van der Waals surface area contributed by atoms with E-state index in [9.17, 15) is 27.6 Å². The van der Waals surface area contributed by atoms with Crippen molar-refractivity contribution >= 4 is 39.9 Å². The molecule has 15 nitrogen and oxygen atoms in total. The van der Waals surface area contributed by atoms with Crippen LogP contribution in [-0.2, 0) is 40.3 Å². The van der Waals surface area contributed by atoms with Crippen molar-refractivity contribution in [3.8, 4) is 5.75 Å². The highest BCUT2D eigenvalue weighted by molar-refractivity contribution is 7.90. The first kappa shape index (κ1) is 48.3. The Morgan fingerprint density at radius 2 is 1.68 bits per heavy atom. The van der Waals surface area contributed by atoms with Crippen LogP contribution in [0.15, 0.2) is 53.4 Å². The lowest BCUT2D eigenvalue weighted by Gasteiger charge is -2.29. The molecule has 3 rings (SSSR count). The number of rotatable bonds is 18. The summed E-state index contributed by atoms with van der Waals surface area (Å²) in [5, 5.41) is 16.7. The molecular formula is C43H64N6O9S. The number of methoxy groups -OCH3 is 2. The number of esters is 1. The number of nitrogens with one attached hydrogen (secondary N) is 5. The van der Waals surface area contributed by atoms with Gasteiger partial charge < -0.3 is 35.1 Å². The number of likely N-dealkylation sites (tertiary alicyclic amines) is 1. The van der Waals surface area contributed by atoms with Crippen LogP contribution in [0.2, 0.25) is 0 Å². The van der Waals surface area contributed by atoms with E-state index in [4.69, 9.17) is 19.6 Å². The summed E-state index contributed by atoms with van der Waals surface area (Å²) < 4.78 is 44.6. The normalized spacial score (nSPS) is 15.9. The van der Waals surface area contributed by atoms with Crippen molar-refractivity contribution in [1.82, 2.24) is 25.6 Å². The molecule has 326 valence electrons. The van der Waals surface area contributed by atoms with Crippen LogP contribution in [0.25, 0.3) is 0 Å². The zero-order valence-electron chi connectivity index (χ0n) is 36.2. The van der Waals surface area contributed by atoms with Crippen LogP contribution in [-0.4, -0.2) is 94.2 Å². The Kier molecular flexibility index (Phi) is 17.8. The molecule has 5 N–H and O–H groups in total.